The SMILES string of the molecule is CC(CNC1=CC23C=CC=CC2=CN=C3C=C1)Cn1ccnc1. The molecule has 2 heterocycles. The number of rotatable bonds is 5. The van der Waals surface area contributed by atoms with Crippen LogP contribution in [0.5, 0.6) is 0 Å². The second kappa shape index (κ2) is 5.54. The molecule has 1 N–H and O–H groups in total. The van der Waals surface area contributed by atoms with Crippen LogP contribution in [0.4, 0.5) is 0 Å². The van der Waals surface area contributed by atoms with Crippen molar-refractivity contribution in [1.82, 2.24) is 14.9 Å². The van der Waals surface area contributed by atoms with Gasteiger partial charge in [0.1, 0.15) is 0 Å². The maximum absolute atomic E-state index is 4.56. The number of nitrogens with one attached hydrogen (secondary N) is 1. The van der Waals surface area contributed by atoms with Crippen LogP contribution in [0.2, 0.25) is 0 Å². The predicted octanol–water partition coefficient (Wildman–Crippen LogP) is 3.01. The number of imidazole rings is 1. The number of nitrogens with zero attached hydrogens (tertiary/aromatic N) is 3. The predicted molar refractivity (Wildman–Crippen MR) is 92.8 cm³/mol. The van der Waals surface area contributed by atoms with E-state index >= 15 is 0 Å². The molecule has 23 heavy (non-hydrogen) atoms. The van der Waals surface area contributed by atoms with Crippen molar-refractivity contribution in [3.8, 4) is 0 Å². The summed E-state index contributed by atoms with van der Waals surface area (Å²) in [7, 11) is 0. The van der Waals surface area contributed by atoms with E-state index in [2.05, 4.69) is 69.3 Å². The van der Waals surface area contributed by atoms with Gasteiger partial charge in [-0.15, -0.1) is 0 Å². The molecule has 1 aromatic rings. The minimum atomic E-state index is -0.167. The van der Waals surface area contributed by atoms with Crippen LogP contribution in [0.3, 0.4) is 0 Å². The van der Waals surface area contributed by atoms with E-state index < -0.39 is 0 Å². The first-order valence-corrected chi connectivity index (χ1v) is 8.02. The third-order valence-corrected chi connectivity index (χ3v) is 4.53. The summed E-state index contributed by atoms with van der Waals surface area (Å²) in [4.78, 5) is 8.65. The molecule has 4 heteroatoms. The Balaban J connectivity index is 1.45. The van der Waals surface area contributed by atoms with E-state index in [9.17, 15) is 0 Å². The highest BCUT2D eigenvalue weighted by atomic mass is 15.0. The summed E-state index contributed by atoms with van der Waals surface area (Å²) in [6.07, 6.45) is 22.7. The summed E-state index contributed by atoms with van der Waals surface area (Å²) in [5.41, 5.74) is 3.34. The molecule has 2 atom stereocenters. The summed E-state index contributed by atoms with van der Waals surface area (Å²) < 4.78 is 2.12. The van der Waals surface area contributed by atoms with E-state index in [1.54, 1.807) is 0 Å². The lowest BCUT2D eigenvalue weighted by Crippen LogP contribution is -2.31. The highest BCUT2D eigenvalue weighted by molar-refractivity contribution is 6.09. The number of aromatic nitrogens is 2. The molecule has 0 bridgehead atoms. The maximum Gasteiger partial charge on any atom is 0.0946 e. The molecule has 2 unspecified atom stereocenters. The molecule has 0 aromatic carbocycles. The third-order valence-electron chi connectivity index (χ3n) is 4.53. The van der Waals surface area contributed by atoms with Crippen molar-refractivity contribution in [3.05, 3.63) is 78.7 Å². The highest BCUT2D eigenvalue weighted by Gasteiger charge is 2.38. The van der Waals surface area contributed by atoms with E-state index in [0.29, 0.717) is 5.92 Å². The Kier molecular flexibility index (Phi) is 3.37. The summed E-state index contributed by atoms with van der Waals surface area (Å²) >= 11 is 0. The lowest BCUT2D eigenvalue weighted by Gasteiger charge is -2.30. The topological polar surface area (TPSA) is 42.2 Å². The molecule has 4 nitrogen and oxygen atoms in total. The maximum atomic E-state index is 4.56. The largest absolute Gasteiger partial charge is 0.385 e. The van der Waals surface area contributed by atoms with Crippen molar-refractivity contribution >= 4 is 5.71 Å². The van der Waals surface area contributed by atoms with Gasteiger partial charge in [0.25, 0.3) is 0 Å². The number of aliphatic imine (C=N–C) groups is 1. The molecule has 0 saturated carbocycles. The van der Waals surface area contributed by atoms with Crippen LogP contribution in [-0.4, -0.2) is 21.8 Å². The molecule has 0 fully saturated rings. The normalized spacial score (nSPS) is 25.3. The van der Waals surface area contributed by atoms with Gasteiger partial charge in [-0.25, -0.2) is 4.98 Å². The Labute approximate surface area is 136 Å². The molecule has 0 radical (unpaired) electrons. The third kappa shape index (κ3) is 2.50. The fraction of sp³-hybridized carbons (Fsp3) is 0.263. The molecule has 3 aliphatic rings. The van der Waals surface area contributed by atoms with Gasteiger partial charge in [-0.05, 0) is 29.7 Å². The Morgan fingerprint density at radius 2 is 2.22 bits per heavy atom. The lowest BCUT2D eigenvalue weighted by atomic mass is 9.72. The number of allylic oxidation sites excluding steroid dienone is 8. The first kappa shape index (κ1) is 14.0. The van der Waals surface area contributed by atoms with E-state index in [-0.39, 0.29) is 5.41 Å². The Morgan fingerprint density at radius 3 is 3.09 bits per heavy atom. The molecule has 116 valence electrons. The van der Waals surface area contributed by atoms with Crippen LogP contribution in [0.1, 0.15) is 6.92 Å². The molecule has 4 rings (SSSR count). The van der Waals surface area contributed by atoms with Crippen LogP contribution >= 0.6 is 0 Å². The van der Waals surface area contributed by atoms with Crippen LogP contribution in [0.25, 0.3) is 0 Å². The van der Waals surface area contributed by atoms with E-state index in [0.717, 1.165) is 24.5 Å². The quantitative estimate of drug-likeness (QED) is 0.908. The van der Waals surface area contributed by atoms with Gasteiger partial charge in [0, 0.05) is 37.4 Å². The summed E-state index contributed by atoms with van der Waals surface area (Å²) in [6.45, 7) is 4.14. The fourth-order valence-electron chi connectivity index (χ4n) is 3.30. The van der Waals surface area contributed by atoms with Crippen LogP contribution < -0.4 is 5.32 Å². The summed E-state index contributed by atoms with van der Waals surface area (Å²) in [5.74, 6) is 0.520. The first-order valence-electron chi connectivity index (χ1n) is 8.02. The van der Waals surface area contributed by atoms with Gasteiger partial charge in [-0.1, -0.05) is 31.2 Å². The Morgan fingerprint density at radius 1 is 1.26 bits per heavy atom. The van der Waals surface area contributed by atoms with Gasteiger partial charge in [-0.3, -0.25) is 4.99 Å². The second-order valence-corrected chi connectivity index (χ2v) is 6.36. The van der Waals surface area contributed by atoms with E-state index in [1.807, 2.05) is 24.9 Å². The fourth-order valence-corrected chi connectivity index (χ4v) is 3.30. The van der Waals surface area contributed by atoms with Crippen molar-refractivity contribution in [2.45, 2.75) is 13.5 Å². The Bertz CT molecular complexity index is 760. The van der Waals surface area contributed by atoms with Gasteiger partial charge in [0.05, 0.1) is 17.5 Å². The molecular formula is C19H20N4. The summed E-state index contributed by atoms with van der Waals surface area (Å²) in [6, 6.07) is 0. The second-order valence-electron chi connectivity index (χ2n) is 6.36. The standard InChI is InChI=1S/C19H20N4/c1-15(13-23-9-8-20-14-23)11-21-17-5-6-18-19(10-17)7-3-2-4-16(19)12-22-18/h2-10,12,14-15,21H,11,13H2,1H3. The van der Waals surface area contributed by atoms with E-state index in [1.165, 1.54) is 5.57 Å². The van der Waals surface area contributed by atoms with Crippen LogP contribution in [0, 0.1) is 11.3 Å². The van der Waals surface area contributed by atoms with Crippen LogP contribution in [0.15, 0.2) is 83.7 Å². The Hall–Kier alpha value is -2.62. The minimum absolute atomic E-state index is 0.167. The highest BCUT2D eigenvalue weighted by Crippen LogP contribution is 2.43. The molecule has 1 aliphatic heterocycles. The lowest BCUT2D eigenvalue weighted by molar-refractivity contribution is 0.464. The van der Waals surface area contributed by atoms with Gasteiger partial charge in [-0.2, -0.15) is 0 Å². The molecule has 1 aromatic heterocycles. The zero-order chi connectivity index (χ0) is 15.7. The first-order chi connectivity index (χ1) is 11.3. The van der Waals surface area contributed by atoms with E-state index in [4.69, 9.17) is 0 Å². The van der Waals surface area contributed by atoms with Crippen molar-refractivity contribution in [3.63, 3.8) is 0 Å². The van der Waals surface area contributed by atoms with Gasteiger partial charge < -0.3 is 9.88 Å². The molecule has 0 saturated heterocycles. The zero-order valence-electron chi connectivity index (χ0n) is 13.2. The van der Waals surface area contributed by atoms with Crippen molar-refractivity contribution in [1.29, 1.82) is 0 Å². The average Bonchev–Trinajstić information content (AvgIpc) is 3.19. The molecule has 0 amide bonds. The number of hydrogen-bond donors (Lipinski definition) is 1. The molecule has 1 spiro atoms. The van der Waals surface area contributed by atoms with Gasteiger partial charge >= 0.3 is 0 Å². The average molecular weight is 304 g/mol. The van der Waals surface area contributed by atoms with Gasteiger partial charge in [0.2, 0.25) is 0 Å². The monoisotopic (exact) mass is 304 g/mol. The van der Waals surface area contributed by atoms with Crippen LogP contribution in [-0.2, 0) is 6.54 Å². The van der Waals surface area contributed by atoms with Crippen molar-refractivity contribution < 1.29 is 0 Å². The van der Waals surface area contributed by atoms with Gasteiger partial charge in [0.15, 0.2) is 0 Å². The summed E-state index contributed by atoms with van der Waals surface area (Å²) in [5, 5.41) is 3.57. The molecule has 2 aliphatic carbocycles. The molecular weight excluding hydrogens is 284 g/mol. The van der Waals surface area contributed by atoms with Crippen molar-refractivity contribution in [2.75, 3.05) is 6.54 Å². The number of hydrogen-bond acceptors (Lipinski definition) is 3. The minimum Gasteiger partial charge on any atom is -0.385 e. The van der Waals surface area contributed by atoms with Crippen molar-refractivity contribution in [2.24, 2.45) is 16.3 Å². The smallest absolute Gasteiger partial charge is 0.0946 e. The zero-order valence-corrected chi connectivity index (χ0v) is 13.2.